The minimum absolute atomic E-state index is 0. The lowest BCUT2D eigenvalue weighted by atomic mass is 10.2. The highest BCUT2D eigenvalue weighted by molar-refractivity contribution is 7.95. The van der Waals surface area contributed by atoms with E-state index in [4.69, 9.17) is 8.92 Å². The van der Waals surface area contributed by atoms with E-state index in [1.165, 1.54) is 19.3 Å². The summed E-state index contributed by atoms with van der Waals surface area (Å²) in [5.41, 5.74) is 0.520. The van der Waals surface area contributed by atoms with Crippen LogP contribution in [0.1, 0.15) is 43.0 Å². The quantitative estimate of drug-likeness (QED) is 0.267. The fraction of sp³-hybridized carbons (Fsp3) is 0.316. The molecule has 3 nitrogen and oxygen atoms in total. The Morgan fingerprint density at radius 3 is 2.00 bits per heavy atom. The molecule has 0 aliphatic carbocycles. The Balaban J connectivity index is -0.000000576. The predicted molar refractivity (Wildman–Crippen MR) is 106 cm³/mol. The van der Waals surface area contributed by atoms with Crippen LogP contribution in [-0.4, -0.2) is 12.6 Å². The normalized spacial score (nSPS) is 8.46. The van der Waals surface area contributed by atoms with E-state index in [2.05, 4.69) is 6.92 Å². The number of ether oxygens (including phenoxy) is 1. The lowest BCUT2D eigenvalue weighted by Crippen LogP contribution is -2.01. The molecule has 2 aromatic carbocycles. The van der Waals surface area contributed by atoms with Gasteiger partial charge in [-0.2, -0.15) is 0 Å². The lowest BCUT2D eigenvalue weighted by molar-refractivity contribution is 0.0768. The Kier molecular flexibility index (Phi) is 23.2. The van der Waals surface area contributed by atoms with Crippen molar-refractivity contribution in [2.75, 3.05) is 6.61 Å². The van der Waals surface area contributed by atoms with Crippen LogP contribution in [0.25, 0.3) is 0 Å². The molecule has 2 rings (SSSR count). The topological polar surface area (TPSA) is 35.5 Å². The molecule has 0 saturated carbocycles. The number of carbonyl (C=O) groups excluding carboxylic acids is 1. The van der Waals surface area contributed by atoms with E-state index >= 15 is 0 Å². The standard InChI is InChI=1S/C19H22O3S.5FH/c1-2-3-4-8-15-21-17-13-11-16(12-14-17)19(20)22-23-18-9-6-5-7-10-18;;;;;/h5-7,9-14H,2-4,8,15H2,1H3;5*1H. The molecule has 0 heterocycles. The number of benzene rings is 2. The summed E-state index contributed by atoms with van der Waals surface area (Å²) in [6, 6.07) is 16.6. The molecule has 9 heteroatoms. The van der Waals surface area contributed by atoms with Crippen molar-refractivity contribution < 1.29 is 37.2 Å². The van der Waals surface area contributed by atoms with Crippen LogP contribution in [0, 0.1) is 0 Å². The second kappa shape index (κ2) is 19.5. The van der Waals surface area contributed by atoms with Gasteiger partial charge in [-0.05, 0) is 42.8 Å². The number of carbonyl (C=O) groups is 1. The number of hydrogen-bond acceptors (Lipinski definition) is 4. The van der Waals surface area contributed by atoms with Crippen LogP contribution in [0.3, 0.4) is 0 Å². The van der Waals surface area contributed by atoms with Crippen molar-refractivity contribution in [2.24, 2.45) is 0 Å². The van der Waals surface area contributed by atoms with Crippen molar-refractivity contribution in [3.63, 3.8) is 0 Å². The third kappa shape index (κ3) is 12.2. The van der Waals surface area contributed by atoms with E-state index in [0.29, 0.717) is 12.2 Å². The van der Waals surface area contributed by atoms with Crippen LogP contribution in [-0.2, 0) is 4.18 Å². The number of halogens is 5. The van der Waals surface area contributed by atoms with E-state index in [0.717, 1.165) is 29.1 Å². The number of unbranched alkanes of at least 4 members (excludes halogenated alkanes) is 3. The first-order chi connectivity index (χ1) is 11.3. The van der Waals surface area contributed by atoms with Crippen LogP contribution < -0.4 is 4.74 Å². The Bertz CT molecular complexity index is 600. The first kappa shape index (κ1) is 33.3. The van der Waals surface area contributed by atoms with Crippen molar-refractivity contribution in [1.29, 1.82) is 0 Å². The third-order valence-electron chi connectivity index (χ3n) is 3.31. The van der Waals surface area contributed by atoms with Gasteiger partial charge in [-0.25, -0.2) is 4.79 Å². The maximum Gasteiger partial charge on any atom is 0.350 e. The van der Waals surface area contributed by atoms with Gasteiger partial charge in [0, 0.05) is 4.90 Å². The van der Waals surface area contributed by atoms with Gasteiger partial charge in [-0.1, -0.05) is 44.4 Å². The maximum atomic E-state index is 12.0. The van der Waals surface area contributed by atoms with Gasteiger partial charge >= 0.3 is 5.97 Å². The van der Waals surface area contributed by atoms with Gasteiger partial charge in [-0.15, -0.1) is 0 Å². The SMILES string of the molecule is CCCCCCOc1ccc(C(=O)OSc2ccccc2)cc1.F.F.F.F.F. The summed E-state index contributed by atoms with van der Waals surface area (Å²) < 4.78 is 10.9. The Hall–Kier alpha value is -2.29. The zero-order chi connectivity index (χ0) is 16.3. The minimum Gasteiger partial charge on any atom is -0.494 e. The molecule has 0 unspecified atom stereocenters. The highest BCUT2D eigenvalue weighted by atomic mass is 32.2. The zero-order valence-electron chi connectivity index (χ0n) is 15.4. The summed E-state index contributed by atoms with van der Waals surface area (Å²) in [6.07, 6.45) is 4.72. The number of rotatable bonds is 9. The van der Waals surface area contributed by atoms with Crippen molar-refractivity contribution in [3.05, 3.63) is 60.2 Å². The van der Waals surface area contributed by atoms with Crippen LogP contribution in [0.15, 0.2) is 59.5 Å². The largest absolute Gasteiger partial charge is 0.494 e. The summed E-state index contributed by atoms with van der Waals surface area (Å²) >= 11 is 1.07. The summed E-state index contributed by atoms with van der Waals surface area (Å²) in [6.45, 7) is 2.91. The molecule has 0 radical (unpaired) electrons. The van der Waals surface area contributed by atoms with Gasteiger partial charge < -0.3 is 8.92 Å². The van der Waals surface area contributed by atoms with Crippen LogP contribution in [0.4, 0.5) is 23.5 Å². The van der Waals surface area contributed by atoms with Gasteiger partial charge in [0.15, 0.2) is 0 Å². The van der Waals surface area contributed by atoms with E-state index in [1.54, 1.807) is 12.1 Å². The highest BCUT2D eigenvalue weighted by Gasteiger charge is 2.08. The van der Waals surface area contributed by atoms with Gasteiger partial charge in [0.25, 0.3) is 0 Å². The average Bonchev–Trinajstić information content (AvgIpc) is 2.61. The molecule has 0 N–H and O–H groups in total. The zero-order valence-corrected chi connectivity index (χ0v) is 16.2. The fourth-order valence-electron chi connectivity index (χ4n) is 2.02. The molecule has 0 aliphatic rings. The molecule has 0 aromatic heterocycles. The van der Waals surface area contributed by atoms with Crippen LogP contribution in [0.5, 0.6) is 5.75 Å². The highest BCUT2D eigenvalue weighted by Crippen LogP contribution is 2.21. The van der Waals surface area contributed by atoms with Crippen molar-refractivity contribution in [3.8, 4) is 5.75 Å². The van der Waals surface area contributed by atoms with Gasteiger partial charge in [0.2, 0.25) is 0 Å². The average molecular weight is 430 g/mol. The second-order valence-corrected chi connectivity index (χ2v) is 6.01. The second-order valence-electron chi connectivity index (χ2n) is 5.20. The lowest BCUT2D eigenvalue weighted by Gasteiger charge is -2.07. The molecule has 0 spiro atoms. The Labute approximate surface area is 165 Å². The third-order valence-corrected chi connectivity index (χ3v) is 4.01. The molecular weight excluding hydrogens is 403 g/mol. The van der Waals surface area contributed by atoms with E-state index < -0.39 is 0 Å². The van der Waals surface area contributed by atoms with E-state index in [9.17, 15) is 4.79 Å². The molecule has 162 valence electrons. The molecule has 0 saturated heterocycles. The Morgan fingerprint density at radius 2 is 1.43 bits per heavy atom. The van der Waals surface area contributed by atoms with E-state index in [1.807, 2.05) is 42.5 Å². The molecule has 2 aromatic rings. The Morgan fingerprint density at radius 1 is 0.821 bits per heavy atom. The van der Waals surface area contributed by atoms with Crippen molar-refractivity contribution >= 4 is 18.0 Å². The van der Waals surface area contributed by atoms with Crippen molar-refractivity contribution in [2.45, 2.75) is 37.5 Å². The molecular formula is C19H27F5O3S. The fourth-order valence-corrected chi connectivity index (χ4v) is 2.55. The first-order valence-corrected chi connectivity index (χ1v) is 8.70. The summed E-state index contributed by atoms with van der Waals surface area (Å²) in [5, 5.41) is 0. The van der Waals surface area contributed by atoms with Gasteiger partial charge in [0.1, 0.15) is 5.75 Å². The smallest absolute Gasteiger partial charge is 0.350 e. The van der Waals surface area contributed by atoms with Crippen LogP contribution >= 0.6 is 12.0 Å². The molecule has 0 amide bonds. The van der Waals surface area contributed by atoms with Gasteiger partial charge in [0.05, 0.1) is 24.2 Å². The molecule has 0 atom stereocenters. The van der Waals surface area contributed by atoms with E-state index in [-0.39, 0.29) is 29.5 Å². The number of hydrogen-bond donors (Lipinski definition) is 0. The molecule has 0 bridgehead atoms. The summed E-state index contributed by atoms with van der Waals surface area (Å²) in [4.78, 5) is 12.9. The molecule has 0 aliphatic heterocycles. The predicted octanol–water partition coefficient (Wildman–Crippen LogP) is 6.27. The monoisotopic (exact) mass is 430 g/mol. The first-order valence-electron chi connectivity index (χ1n) is 7.96. The molecule has 0 fully saturated rings. The van der Waals surface area contributed by atoms with Crippen molar-refractivity contribution in [1.82, 2.24) is 0 Å². The minimum atomic E-state index is -0.353. The summed E-state index contributed by atoms with van der Waals surface area (Å²) in [5.74, 6) is 0.433. The van der Waals surface area contributed by atoms with Gasteiger partial charge in [-0.3, -0.25) is 23.5 Å². The maximum absolute atomic E-state index is 12.0. The molecule has 28 heavy (non-hydrogen) atoms. The summed E-state index contributed by atoms with van der Waals surface area (Å²) in [7, 11) is 0. The van der Waals surface area contributed by atoms with Crippen LogP contribution in [0.2, 0.25) is 0 Å².